The fourth-order valence-corrected chi connectivity index (χ4v) is 0.942. The molecule has 15 heavy (non-hydrogen) atoms. The minimum atomic E-state index is -4.40. The molecule has 0 unspecified atom stereocenters. The maximum atomic E-state index is 12.2. The summed E-state index contributed by atoms with van der Waals surface area (Å²) in [5, 5.41) is 0. The first kappa shape index (κ1) is 13.6. The first-order valence-corrected chi connectivity index (χ1v) is 4.46. The van der Waals surface area contributed by atoms with Crippen molar-refractivity contribution in [2.24, 2.45) is 0 Å². The Morgan fingerprint density at radius 3 is 2.13 bits per heavy atom. The molecule has 1 aromatic rings. The van der Waals surface area contributed by atoms with Crippen molar-refractivity contribution >= 4 is 5.69 Å². The molecule has 0 atom stereocenters. The molecule has 0 heterocycles. The van der Waals surface area contributed by atoms with Crippen molar-refractivity contribution < 1.29 is 17.9 Å². The molecule has 0 bridgehead atoms. The lowest BCUT2D eigenvalue weighted by atomic mass is 10.2. The van der Waals surface area contributed by atoms with Crippen molar-refractivity contribution in [2.45, 2.75) is 20.0 Å². The van der Waals surface area contributed by atoms with Crippen LogP contribution in [0, 0.1) is 0 Å². The lowest BCUT2D eigenvalue weighted by Gasteiger charge is -2.11. The standard InChI is InChI=1S/C8H8F3NO.C2H6/c1-13-7-4-5(12)2-3-6(7)8(9,10)11;1-2/h2-4H,12H2,1H3;1-2H3. The topological polar surface area (TPSA) is 35.2 Å². The molecule has 0 spiro atoms. The van der Waals surface area contributed by atoms with Crippen molar-refractivity contribution in [3.8, 4) is 5.75 Å². The Morgan fingerprint density at radius 2 is 1.73 bits per heavy atom. The van der Waals surface area contributed by atoms with Crippen LogP contribution in [0.4, 0.5) is 18.9 Å². The van der Waals surface area contributed by atoms with E-state index in [1.54, 1.807) is 0 Å². The molecule has 0 aliphatic carbocycles. The van der Waals surface area contributed by atoms with Crippen molar-refractivity contribution in [3.05, 3.63) is 23.8 Å². The molecule has 1 aromatic carbocycles. The highest BCUT2D eigenvalue weighted by molar-refractivity contribution is 5.49. The lowest BCUT2D eigenvalue weighted by molar-refractivity contribution is -0.138. The Kier molecular flexibility index (Phi) is 4.97. The second kappa shape index (κ2) is 5.48. The summed E-state index contributed by atoms with van der Waals surface area (Å²) in [5.41, 5.74) is 4.72. The van der Waals surface area contributed by atoms with Crippen LogP contribution in [-0.2, 0) is 6.18 Å². The third-order valence-electron chi connectivity index (χ3n) is 1.53. The highest BCUT2D eigenvalue weighted by atomic mass is 19.4. The smallest absolute Gasteiger partial charge is 0.419 e. The molecule has 0 aliphatic heterocycles. The van der Waals surface area contributed by atoms with E-state index in [1.165, 1.54) is 13.2 Å². The molecule has 2 N–H and O–H groups in total. The van der Waals surface area contributed by atoms with Gasteiger partial charge in [0, 0.05) is 11.8 Å². The molecular weight excluding hydrogens is 207 g/mol. The number of benzene rings is 1. The van der Waals surface area contributed by atoms with Crippen molar-refractivity contribution in [1.82, 2.24) is 0 Å². The molecule has 0 fully saturated rings. The normalized spacial score (nSPS) is 10.3. The Labute approximate surface area is 86.8 Å². The summed E-state index contributed by atoms with van der Waals surface area (Å²) < 4.78 is 41.3. The molecular formula is C10H14F3NO. The number of rotatable bonds is 1. The zero-order valence-corrected chi connectivity index (χ0v) is 8.85. The second-order valence-electron chi connectivity index (χ2n) is 2.46. The maximum Gasteiger partial charge on any atom is 0.419 e. The molecule has 2 nitrogen and oxygen atoms in total. The van der Waals surface area contributed by atoms with Crippen LogP contribution in [0.5, 0.6) is 5.75 Å². The van der Waals surface area contributed by atoms with Gasteiger partial charge in [0.15, 0.2) is 0 Å². The molecule has 1 rings (SSSR count). The average molecular weight is 221 g/mol. The Hall–Kier alpha value is -1.39. The third kappa shape index (κ3) is 3.69. The molecule has 5 heteroatoms. The third-order valence-corrected chi connectivity index (χ3v) is 1.53. The van der Waals surface area contributed by atoms with Gasteiger partial charge in [0.25, 0.3) is 0 Å². The highest BCUT2D eigenvalue weighted by Crippen LogP contribution is 2.36. The van der Waals surface area contributed by atoms with Crippen molar-refractivity contribution in [1.29, 1.82) is 0 Å². The Bertz CT molecular complexity index is 310. The van der Waals surface area contributed by atoms with E-state index >= 15 is 0 Å². The zero-order valence-electron chi connectivity index (χ0n) is 8.85. The van der Waals surface area contributed by atoms with Crippen LogP contribution >= 0.6 is 0 Å². The molecule has 0 aliphatic rings. The zero-order chi connectivity index (χ0) is 12.1. The van der Waals surface area contributed by atoms with Gasteiger partial charge in [-0.25, -0.2) is 0 Å². The van der Waals surface area contributed by atoms with Crippen LogP contribution < -0.4 is 10.5 Å². The Morgan fingerprint density at radius 1 is 1.20 bits per heavy atom. The number of hydrogen-bond acceptors (Lipinski definition) is 2. The van der Waals surface area contributed by atoms with Gasteiger partial charge in [0.1, 0.15) is 5.75 Å². The minimum Gasteiger partial charge on any atom is -0.496 e. The summed E-state index contributed by atoms with van der Waals surface area (Å²) in [7, 11) is 1.17. The molecule has 0 radical (unpaired) electrons. The van der Waals surface area contributed by atoms with Gasteiger partial charge in [-0.3, -0.25) is 0 Å². The quantitative estimate of drug-likeness (QED) is 0.738. The van der Waals surface area contributed by atoms with Crippen LogP contribution in [0.15, 0.2) is 18.2 Å². The monoisotopic (exact) mass is 221 g/mol. The van der Waals surface area contributed by atoms with Crippen LogP contribution in [-0.4, -0.2) is 7.11 Å². The van der Waals surface area contributed by atoms with Gasteiger partial charge in [-0.15, -0.1) is 0 Å². The molecule has 0 amide bonds. The molecule has 86 valence electrons. The predicted octanol–water partition coefficient (Wildman–Crippen LogP) is 3.32. The Balaban J connectivity index is 0.000000921. The van der Waals surface area contributed by atoms with E-state index in [-0.39, 0.29) is 11.4 Å². The molecule has 0 saturated heterocycles. The van der Waals surface area contributed by atoms with Gasteiger partial charge < -0.3 is 10.5 Å². The summed E-state index contributed by atoms with van der Waals surface area (Å²) >= 11 is 0. The van der Waals surface area contributed by atoms with Crippen LogP contribution in [0.2, 0.25) is 0 Å². The number of hydrogen-bond donors (Lipinski definition) is 1. The molecule has 0 aromatic heterocycles. The summed E-state index contributed by atoms with van der Waals surface area (Å²) in [6.45, 7) is 4.00. The molecule has 0 saturated carbocycles. The first-order chi connectivity index (χ1) is 6.95. The van der Waals surface area contributed by atoms with Gasteiger partial charge >= 0.3 is 6.18 Å². The number of methoxy groups -OCH3 is 1. The number of nitrogens with two attached hydrogens (primary N) is 1. The highest BCUT2D eigenvalue weighted by Gasteiger charge is 2.34. The van der Waals surface area contributed by atoms with Gasteiger partial charge in [-0.05, 0) is 12.1 Å². The SMILES string of the molecule is CC.COc1cc(N)ccc1C(F)(F)F. The largest absolute Gasteiger partial charge is 0.496 e. The minimum absolute atomic E-state index is 0.241. The fraction of sp³-hybridized carbons (Fsp3) is 0.400. The van der Waals surface area contributed by atoms with Gasteiger partial charge in [0.2, 0.25) is 0 Å². The predicted molar refractivity (Wildman–Crippen MR) is 53.8 cm³/mol. The van der Waals surface area contributed by atoms with Crippen LogP contribution in [0.3, 0.4) is 0 Å². The summed E-state index contributed by atoms with van der Waals surface area (Å²) in [6.07, 6.45) is -4.40. The maximum absolute atomic E-state index is 12.2. The average Bonchev–Trinajstić information content (AvgIpc) is 2.18. The summed E-state index contributed by atoms with van der Waals surface area (Å²) in [6, 6.07) is 3.22. The fourth-order valence-electron chi connectivity index (χ4n) is 0.942. The van der Waals surface area contributed by atoms with Crippen molar-refractivity contribution in [2.75, 3.05) is 12.8 Å². The van der Waals surface area contributed by atoms with E-state index in [0.29, 0.717) is 0 Å². The van der Waals surface area contributed by atoms with E-state index in [0.717, 1.165) is 12.1 Å². The number of nitrogen functional groups attached to an aromatic ring is 1. The second-order valence-corrected chi connectivity index (χ2v) is 2.46. The van der Waals surface area contributed by atoms with Crippen LogP contribution in [0.25, 0.3) is 0 Å². The van der Waals surface area contributed by atoms with Gasteiger partial charge in [-0.1, -0.05) is 13.8 Å². The van der Waals surface area contributed by atoms with E-state index in [4.69, 9.17) is 5.73 Å². The number of alkyl halides is 3. The lowest BCUT2D eigenvalue weighted by Crippen LogP contribution is -2.07. The van der Waals surface area contributed by atoms with E-state index in [1.807, 2.05) is 13.8 Å². The van der Waals surface area contributed by atoms with Gasteiger partial charge in [0.05, 0.1) is 12.7 Å². The first-order valence-electron chi connectivity index (χ1n) is 4.46. The van der Waals surface area contributed by atoms with E-state index < -0.39 is 11.7 Å². The summed E-state index contributed by atoms with van der Waals surface area (Å²) in [5.74, 6) is -0.257. The van der Waals surface area contributed by atoms with Crippen molar-refractivity contribution in [3.63, 3.8) is 0 Å². The van der Waals surface area contributed by atoms with E-state index in [2.05, 4.69) is 4.74 Å². The number of halogens is 3. The number of anilines is 1. The van der Waals surface area contributed by atoms with E-state index in [9.17, 15) is 13.2 Å². The number of ether oxygens (including phenoxy) is 1. The van der Waals surface area contributed by atoms with Gasteiger partial charge in [-0.2, -0.15) is 13.2 Å². The summed E-state index contributed by atoms with van der Waals surface area (Å²) in [4.78, 5) is 0. The van der Waals surface area contributed by atoms with Crippen LogP contribution in [0.1, 0.15) is 19.4 Å².